The molecule has 15 heteroatoms. The SMILES string of the molecule is CNC(=O)c1cn(C[C@@H](F)CCc2nnc(NC(=O)Cc3cccc(OC(F)(F)F)c3)s2)nn1. The highest BCUT2D eigenvalue weighted by molar-refractivity contribution is 7.15. The van der Waals surface area contributed by atoms with Gasteiger partial charge in [0.05, 0.1) is 19.2 Å². The normalized spacial score (nSPS) is 12.3. The molecule has 0 spiro atoms. The fourth-order valence-electron chi connectivity index (χ4n) is 2.80. The molecular formula is C19H19F4N7O3S. The molecule has 0 saturated heterocycles. The average molecular weight is 501 g/mol. The smallest absolute Gasteiger partial charge is 0.406 e. The number of hydrogen-bond acceptors (Lipinski definition) is 8. The Balaban J connectivity index is 1.46. The van der Waals surface area contributed by atoms with Gasteiger partial charge < -0.3 is 15.4 Å². The molecule has 0 bridgehead atoms. The summed E-state index contributed by atoms with van der Waals surface area (Å²) in [6, 6.07) is 5.09. The first kappa shape index (κ1) is 25.0. The number of aryl methyl sites for hydroxylation is 1. The van der Waals surface area contributed by atoms with Gasteiger partial charge in [-0.2, -0.15) is 0 Å². The van der Waals surface area contributed by atoms with Crippen molar-refractivity contribution in [3.63, 3.8) is 0 Å². The van der Waals surface area contributed by atoms with Crippen molar-refractivity contribution in [2.24, 2.45) is 0 Å². The lowest BCUT2D eigenvalue weighted by Gasteiger charge is -2.09. The Bertz CT molecular complexity index is 1140. The summed E-state index contributed by atoms with van der Waals surface area (Å²) in [7, 11) is 1.45. The number of aromatic nitrogens is 5. The van der Waals surface area contributed by atoms with Gasteiger partial charge in [-0.05, 0) is 24.1 Å². The highest BCUT2D eigenvalue weighted by Gasteiger charge is 2.31. The van der Waals surface area contributed by atoms with E-state index < -0.39 is 30.1 Å². The lowest BCUT2D eigenvalue weighted by molar-refractivity contribution is -0.274. The van der Waals surface area contributed by atoms with Crippen molar-refractivity contribution in [2.45, 2.75) is 38.3 Å². The number of ether oxygens (including phenoxy) is 1. The molecule has 0 saturated carbocycles. The molecule has 1 aromatic carbocycles. The number of nitrogens with one attached hydrogen (secondary N) is 2. The monoisotopic (exact) mass is 501 g/mol. The minimum absolute atomic E-state index is 0.0822. The Morgan fingerprint density at radius 2 is 2.03 bits per heavy atom. The Morgan fingerprint density at radius 1 is 1.24 bits per heavy atom. The lowest BCUT2D eigenvalue weighted by Crippen LogP contribution is -2.18. The largest absolute Gasteiger partial charge is 0.573 e. The number of rotatable bonds is 10. The standard InChI is InChI=1S/C19H19F4N7O3S/c1-24-17(32)14-10-30(29-26-14)9-12(20)5-6-16-27-28-18(34-16)25-15(31)8-11-3-2-4-13(7-11)33-19(21,22)23/h2-4,7,10,12H,5-6,8-9H2,1H3,(H,24,32)(H,25,28,31)/t12-/m0/s1. The second-order valence-electron chi connectivity index (χ2n) is 6.96. The molecule has 2 amide bonds. The molecule has 0 unspecified atom stereocenters. The average Bonchev–Trinajstić information content (AvgIpc) is 3.40. The second kappa shape index (κ2) is 11.0. The summed E-state index contributed by atoms with van der Waals surface area (Å²) in [4.78, 5) is 23.6. The van der Waals surface area contributed by atoms with Crippen molar-refractivity contribution in [2.75, 3.05) is 12.4 Å². The number of carbonyl (C=O) groups excluding carboxylic acids is 2. The van der Waals surface area contributed by atoms with Crippen LogP contribution in [-0.4, -0.2) is 56.6 Å². The molecule has 2 heterocycles. The van der Waals surface area contributed by atoms with Crippen molar-refractivity contribution in [1.82, 2.24) is 30.5 Å². The third kappa shape index (κ3) is 7.75. The predicted octanol–water partition coefficient (Wildman–Crippen LogP) is 2.54. The number of carbonyl (C=O) groups is 2. The summed E-state index contributed by atoms with van der Waals surface area (Å²) in [5.74, 6) is -1.35. The maximum Gasteiger partial charge on any atom is 0.573 e. The van der Waals surface area contributed by atoms with E-state index in [4.69, 9.17) is 0 Å². The van der Waals surface area contributed by atoms with Gasteiger partial charge in [-0.3, -0.25) is 9.59 Å². The van der Waals surface area contributed by atoms with Crippen LogP contribution in [0.15, 0.2) is 30.5 Å². The van der Waals surface area contributed by atoms with Gasteiger partial charge in [0, 0.05) is 13.5 Å². The van der Waals surface area contributed by atoms with Crippen LogP contribution >= 0.6 is 11.3 Å². The molecule has 0 radical (unpaired) electrons. The van der Waals surface area contributed by atoms with Crippen LogP contribution in [0.1, 0.15) is 27.5 Å². The molecule has 3 rings (SSSR count). The number of benzene rings is 1. The molecule has 1 atom stereocenters. The van der Waals surface area contributed by atoms with Crippen LogP contribution in [0, 0.1) is 0 Å². The first-order chi connectivity index (χ1) is 16.1. The van der Waals surface area contributed by atoms with Crippen molar-refractivity contribution < 1.29 is 31.9 Å². The summed E-state index contributed by atoms with van der Waals surface area (Å²) in [5, 5.41) is 20.7. The van der Waals surface area contributed by atoms with Crippen LogP contribution in [0.25, 0.3) is 0 Å². The highest BCUT2D eigenvalue weighted by Crippen LogP contribution is 2.24. The second-order valence-corrected chi connectivity index (χ2v) is 8.02. The van der Waals surface area contributed by atoms with Gasteiger partial charge in [0.25, 0.3) is 5.91 Å². The summed E-state index contributed by atoms with van der Waals surface area (Å²) in [6.45, 7) is -0.0937. The van der Waals surface area contributed by atoms with Gasteiger partial charge in [-0.25, -0.2) is 9.07 Å². The van der Waals surface area contributed by atoms with Gasteiger partial charge in [-0.15, -0.1) is 28.5 Å². The molecule has 0 aliphatic heterocycles. The highest BCUT2D eigenvalue weighted by atomic mass is 32.1. The van der Waals surface area contributed by atoms with E-state index in [9.17, 15) is 27.2 Å². The number of anilines is 1. The van der Waals surface area contributed by atoms with Crippen molar-refractivity contribution in [3.8, 4) is 5.75 Å². The predicted molar refractivity (Wildman–Crippen MR) is 112 cm³/mol. The van der Waals surface area contributed by atoms with E-state index in [1.807, 2.05) is 0 Å². The van der Waals surface area contributed by atoms with E-state index >= 15 is 0 Å². The van der Waals surface area contributed by atoms with Crippen molar-refractivity contribution in [3.05, 3.63) is 46.7 Å². The van der Waals surface area contributed by atoms with Gasteiger partial charge in [0.2, 0.25) is 11.0 Å². The molecule has 182 valence electrons. The quantitative estimate of drug-likeness (QED) is 0.409. The first-order valence-electron chi connectivity index (χ1n) is 9.84. The molecule has 10 nitrogen and oxygen atoms in total. The van der Waals surface area contributed by atoms with E-state index in [1.165, 1.54) is 30.1 Å². The van der Waals surface area contributed by atoms with Crippen LogP contribution in [0.4, 0.5) is 22.7 Å². The minimum Gasteiger partial charge on any atom is -0.406 e. The molecule has 3 aromatic rings. The molecular weight excluding hydrogens is 482 g/mol. The minimum atomic E-state index is -4.83. The Labute approximate surface area is 194 Å². The molecule has 2 aromatic heterocycles. The van der Waals surface area contributed by atoms with E-state index in [1.54, 1.807) is 0 Å². The van der Waals surface area contributed by atoms with Crippen LogP contribution < -0.4 is 15.4 Å². The van der Waals surface area contributed by atoms with E-state index in [2.05, 4.69) is 35.9 Å². The summed E-state index contributed by atoms with van der Waals surface area (Å²) >= 11 is 1.06. The molecule has 0 aliphatic rings. The zero-order valence-corrected chi connectivity index (χ0v) is 18.5. The van der Waals surface area contributed by atoms with Gasteiger partial charge >= 0.3 is 6.36 Å². The Hall–Kier alpha value is -3.62. The molecule has 0 aliphatic carbocycles. The Kier molecular flexibility index (Phi) is 8.09. The number of nitrogens with zero attached hydrogens (tertiary/aromatic N) is 5. The molecule has 0 fully saturated rings. The summed E-state index contributed by atoms with van der Waals surface area (Å²) in [6.07, 6.45) is -4.62. The van der Waals surface area contributed by atoms with Gasteiger partial charge in [0.1, 0.15) is 16.9 Å². The lowest BCUT2D eigenvalue weighted by atomic mass is 10.1. The number of halogens is 4. The van der Waals surface area contributed by atoms with E-state index in [-0.39, 0.29) is 36.6 Å². The summed E-state index contributed by atoms with van der Waals surface area (Å²) < 4.78 is 56.3. The van der Waals surface area contributed by atoms with Crippen LogP contribution in [0.2, 0.25) is 0 Å². The fourth-order valence-corrected chi connectivity index (χ4v) is 3.57. The Morgan fingerprint density at radius 3 is 2.76 bits per heavy atom. The maximum absolute atomic E-state index is 14.3. The van der Waals surface area contributed by atoms with Crippen LogP contribution in [0.5, 0.6) is 5.75 Å². The number of amides is 2. The van der Waals surface area contributed by atoms with Crippen molar-refractivity contribution >= 4 is 28.3 Å². The number of alkyl halides is 4. The molecule has 34 heavy (non-hydrogen) atoms. The topological polar surface area (TPSA) is 124 Å². The van der Waals surface area contributed by atoms with Crippen LogP contribution in [-0.2, 0) is 24.2 Å². The summed E-state index contributed by atoms with van der Waals surface area (Å²) in [5.41, 5.74) is 0.399. The fraction of sp³-hybridized carbons (Fsp3) is 0.368. The number of hydrogen-bond donors (Lipinski definition) is 2. The maximum atomic E-state index is 14.3. The van der Waals surface area contributed by atoms with Crippen molar-refractivity contribution in [1.29, 1.82) is 0 Å². The van der Waals surface area contributed by atoms with Crippen LogP contribution in [0.3, 0.4) is 0 Å². The molecule has 2 N–H and O–H groups in total. The van der Waals surface area contributed by atoms with Gasteiger partial charge in [-0.1, -0.05) is 28.7 Å². The van der Waals surface area contributed by atoms with E-state index in [0.717, 1.165) is 23.5 Å². The zero-order chi connectivity index (χ0) is 24.7. The van der Waals surface area contributed by atoms with Gasteiger partial charge in [0.15, 0.2) is 5.69 Å². The third-order valence-corrected chi connectivity index (χ3v) is 5.16. The van der Waals surface area contributed by atoms with E-state index in [0.29, 0.717) is 10.6 Å². The zero-order valence-electron chi connectivity index (χ0n) is 17.7. The first-order valence-corrected chi connectivity index (χ1v) is 10.7. The third-order valence-electron chi connectivity index (χ3n) is 4.26.